The van der Waals surface area contributed by atoms with Crippen molar-refractivity contribution in [3.8, 4) is 0 Å². The summed E-state index contributed by atoms with van der Waals surface area (Å²) in [7, 11) is -2.93. The number of sulfone groups is 1. The normalized spacial score (nSPS) is 24.1. The van der Waals surface area contributed by atoms with E-state index in [2.05, 4.69) is 5.32 Å². The van der Waals surface area contributed by atoms with E-state index in [4.69, 9.17) is 0 Å². The number of nitrogens with one attached hydrogen (secondary N) is 1. The first kappa shape index (κ1) is 17.7. The molecule has 1 saturated carbocycles. The van der Waals surface area contributed by atoms with E-state index in [0.29, 0.717) is 19.5 Å². The number of carbonyl (C=O) groups excluding carboxylic acids is 1. The molecule has 1 atom stereocenters. The second kappa shape index (κ2) is 7.61. The highest BCUT2D eigenvalue weighted by molar-refractivity contribution is 7.91. The topological polar surface area (TPSA) is 66.5 Å². The van der Waals surface area contributed by atoms with Gasteiger partial charge in [0, 0.05) is 12.6 Å². The van der Waals surface area contributed by atoms with E-state index in [0.717, 1.165) is 18.9 Å². The van der Waals surface area contributed by atoms with Gasteiger partial charge in [-0.3, -0.25) is 4.79 Å². The van der Waals surface area contributed by atoms with Crippen molar-refractivity contribution in [1.29, 1.82) is 0 Å². The predicted molar refractivity (Wildman–Crippen MR) is 81.9 cm³/mol. The van der Waals surface area contributed by atoms with Gasteiger partial charge in [0.25, 0.3) is 0 Å². The molecule has 0 aromatic carbocycles. The van der Waals surface area contributed by atoms with Crippen molar-refractivity contribution >= 4 is 28.2 Å². The highest BCUT2D eigenvalue weighted by Crippen LogP contribution is 2.27. The second-order valence-corrected chi connectivity index (χ2v) is 7.95. The van der Waals surface area contributed by atoms with Crippen LogP contribution in [-0.4, -0.2) is 56.4 Å². The zero-order chi connectivity index (χ0) is 13.9. The molecular formula is C13H25ClN2O3S. The molecule has 1 aliphatic heterocycles. The number of halogens is 1. The summed E-state index contributed by atoms with van der Waals surface area (Å²) in [5, 5.41) is 3.19. The quantitative estimate of drug-likeness (QED) is 0.753. The van der Waals surface area contributed by atoms with Crippen LogP contribution >= 0.6 is 12.4 Å². The minimum Gasteiger partial charge on any atom is -0.338 e. The Morgan fingerprint density at radius 1 is 1.30 bits per heavy atom. The van der Waals surface area contributed by atoms with Gasteiger partial charge >= 0.3 is 0 Å². The van der Waals surface area contributed by atoms with Gasteiger partial charge in [-0.25, -0.2) is 8.42 Å². The third-order valence-electron chi connectivity index (χ3n) is 3.84. The van der Waals surface area contributed by atoms with Crippen molar-refractivity contribution in [3.05, 3.63) is 0 Å². The molecule has 1 amide bonds. The van der Waals surface area contributed by atoms with E-state index >= 15 is 0 Å². The number of amides is 1. The third-order valence-corrected chi connectivity index (χ3v) is 5.59. The monoisotopic (exact) mass is 324 g/mol. The van der Waals surface area contributed by atoms with Gasteiger partial charge in [-0.05, 0) is 38.1 Å². The zero-order valence-corrected chi connectivity index (χ0v) is 13.6. The smallest absolute Gasteiger partial charge is 0.236 e. The van der Waals surface area contributed by atoms with Gasteiger partial charge in [-0.2, -0.15) is 0 Å². The predicted octanol–water partition coefficient (Wildman–Crippen LogP) is 0.833. The molecule has 1 saturated heterocycles. The fourth-order valence-electron chi connectivity index (χ4n) is 2.58. The van der Waals surface area contributed by atoms with Crippen molar-refractivity contribution in [3.63, 3.8) is 0 Å². The molecule has 2 rings (SSSR count). The van der Waals surface area contributed by atoms with Crippen molar-refractivity contribution in [2.75, 3.05) is 31.1 Å². The summed E-state index contributed by atoms with van der Waals surface area (Å²) < 4.78 is 23.1. The van der Waals surface area contributed by atoms with Crippen LogP contribution in [-0.2, 0) is 14.6 Å². The lowest BCUT2D eigenvalue weighted by molar-refractivity contribution is -0.132. The van der Waals surface area contributed by atoms with Crippen LogP contribution in [0.15, 0.2) is 0 Å². The lowest BCUT2D eigenvalue weighted by Gasteiger charge is -2.28. The van der Waals surface area contributed by atoms with Crippen LogP contribution in [0.2, 0.25) is 0 Å². The van der Waals surface area contributed by atoms with E-state index in [1.54, 1.807) is 4.90 Å². The first-order valence-electron chi connectivity index (χ1n) is 7.22. The Labute approximate surface area is 127 Å². The average molecular weight is 325 g/mol. The molecule has 2 fully saturated rings. The molecule has 118 valence electrons. The van der Waals surface area contributed by atoms with E-state index in [9.17, 15) is 13.2 Å². The summed E-state index contributed by atoms with van der Waals surface area (Å²) in [4.78, 5) is 14.0. The maximum Gasteiger partial charge on any atom is 0.236 e. The van der Waals surface area contributed by atoms with Crippen LogP contribution in [0, 0.1) is 5.92 Å². The van der Waals surface area contributed by atoms with Gasteiger partial charge in [0.2, 0.25) is 5.91 Å². The number of nitrogens with zero attached hydrogens (tertiary/aromatic N) is 1. The number of rotatable bonds is 7. The van der Waals surface area contributed by atoms with Gasteiger partial charge in [-0.1, -0.05) is 6.92 Å². The Bertz CT molecular complexity index is 423. The summed E-state index contributed by atoms with van der Waals surface area (Å²) in [6, 6.07) is -0.111. The molecule has 1 N–H and O–H groups in total. The fraction of sp³-hybridized carbons (Fsp3) is 0.923. The number of carbonyl (C=O) groups is 1. The molecule has 20 heavy (non-hydrogen) atoms. The Kier molecular flexibility index (Phi) is 6.75. The largest absolute Gasteiger partial charge is 0.338 e. The van der Waals surface area contributed by atoms with E-state index in [1.165, 1.54) is 12.8 Å². The summed E-state index contributed by atoms with van der Waals surface area (Å²) in [6.45, 7) is 3.92. The van der Waals surface area contributed by atoms with Gasteiger partial charge in [0.1, 0.15) is 0 Å². The molecule has 0 aromatic heterocycles. The molecule has 7 heteroatoms. The summed E-state index contributed by atoms with van der Waals surface area (Å²) >= 11 is 0. The average Bonchev–Trinajstić information content (AvgIpc) is 3.09. The molecule has 2 aliphatic rings. The molecular weight excluding hydrogens is 300 g/mol. The van der Waals surface area contributed by atoms with Crippen molar-refractivity contribution in [2.45, 2.75) is 38.6 Å². The maximum absolute atomic E-state index is 12.2. The van der Waals surface area contributed by atoms with Crippen LogP contribution in [0.4, 0.5) is 0 Å². The highest BCUT2D eigenvalue weighted by Gasteiger charge is 2.34. The van der Waals surface area contributed by atoms with Gasteiger partial charge in [0.15, 0.2) is 9.84 Å². The summed E-state index contributed by atoms with van der Waals surface area (Å²) in [6.07, 6.45) is 3.99. The molecule has 0 radical (unpaired) electrons. The van der Waals surface area contributed by atoms with Crippen LogP contribution in [0.25, 0.3) is 0 Å². The Morgan fingerprint density at radius 3 is 2.50 bits per heavy atom. The van der Waals surface area contributed by atoms with Crippen LogP contribution < -0.4 is 5.32 Å². The number of hydrogen-bond donors (Lipinski definition) is 1. The Balaban J connectivity index is 0.00000200. The van der Waals surface area contributed by atoms with Gasteiger partial charge in [0.05, 0.1) is 18.1 Å². The maximum atomic E-state index is 12.2. The molecule has 1 aliphatic carbocycles. The lowest BCUT2D eigenvalue weighted by Crippen LogP contribution is -2.45. The van der Waals surface area contributed by atoms with Crippen LogP contribution in [0.5, 0.6) is 0 Å². The molecule has 5 nitrogen and oxygen atoms in total. The summed E-state index contributed by atoms with van der Waals surface area (Å²) in [5.41, 5.74) is 0. The SMILES string of the molecule is CCCN(C(=O)CNCC1CC1)C1CCS(=O)(=O)C1.Cl. The molecule has 1 heterocycles. The molecule has 0 aromatic rings. The Hall–Kier alpha value is -0.330. The minimum absolute atomic E-state index is 0. The fourth-order valence-corrected chi connectivity index (χ4v) is 4.31. The minimum atomic E-state index is -2.93. The van der Waals surface area contributed by atoms with Crippen LogP contribution in [0.3, 0.4) is 0 Å². The molecule has 0 bridgehead atoms. The van der Waals surface area contributed by atoms with Crippen molar-refractivity contribution in [2.24, 2.45) is 5.92 Å². The lowest BCUT2D eigenvalue weighted by atomic mass is 10.2. The van der Waals surface area contributed by atoms with Crippen LogP contribution in [0.1, 0.15) is 32.6 Å². The first-order valence-corrected chi connectivity index (χ1v) is 9.04. The van der Waals surface area contributed by atoms with E-state index in [1.807, 2.05) is 6.92 Å². The molecule has 1 unspecified atom stereocenters. The summed E-state index contributed by atoms with van der Waals surface area (Å²) in [5.74, 6) is 1.16. The Morgan fingerprint density at radius 2 is 2.00 bits per heavy atom. The van der Waals surface area contributed by atoms with Crippen molar-refractivity contribution < 1.29 is 13.2 Å². The van der Waals surface area contributed by atoms with Gasteiger partial charge in [-0.15, -0.1) is 12.4 Å². The first-order chi connectivity index (χ1) is 9.02. The van der Waals surface area contributed by atoms with Gasteiger partial charge < -0.3 is 10.2 Å². The zero-order valence-electron chi connectivity index (χ0n) is 12.0. The van der Waals surface area contributed by atoms with Crippen molar-refractivity contribution in [1.82, 2.24) is 10.2 Å². The van der Waals surface area contributed by atoms with E-state index < -0.39 is 9.84 Å². The third kappa shape index (κ3) is 5.22. The second-order valence-electron chi connectivity index (χ2n) is 5.72. The number of hydrogen-bond acceptors (Lipinski definition) is 4. The molecule has 0 spiro atoms. The standard InChI is InChI=1S/C13H24N2O3S.ClH/c1-2-6-15(12-5-7-19(17,18)10-12)13(16)9-14-8-11-3-4-11;/h11-12,14H,2-10H2,1H3;1H. The van der Waals surface area contributed by atoms with E-state index in [-0.39, 0.29) is 35.9 Å². The highest BCUT2D eigenvalue weighted by atomic mass is 35.5.